The van der Waals surface area contributed by atoms with E-state index in [9.17, 15) is 9.90 Å². The van der Waals surface area contributed by atoms with Crippen molar-refractivity contribution in [1.82, 2.24) is 4.98 Å². The number of phenolic OH excluding ortho intramolecular Hbond substituents is 1. The van der Waals surface area contributed by atoms with Gasteiger partial charge in [0.05, 0.1) is 23.5 Å². The monoisotopic (exact) mass is 281 g/mol. The number of aromatic nitrogens is 1. The molecular formula is C16H11NO4. The van der Waals surface area contributed by atoms with Gasteiger partial charge in [0.2, 0.25) is 0 Å². The van der Waals surface area contributed by atoms with Gasteiger partial charge in [-0.1, -0.05) is 18.2 Å². The number of ether oxygens (including phenoxy) is 1. The summed E-state index contributed by atoms with van der Waals surface area (Å²) in [4.78, 5) is 15.3. The predicted octanol–water partition coefficient (Wildman–Crippen LogP) is 3.14. The zero-order valence-corrected chi connectivity index (χ0v) is 11.1. The maximum absolute atomic E-state index is 12.1. The molecule has 0 saturated heterocycles. The molecule has 5 heteroatoms. The van der Waals surface area contributed by atoms with Crippen LogP contribution in [0, 0.1) is 0 Å². The highest BCUT2D eigenvalue weighted by molar-refractivity contribution is 6.13. The van der Waals surface area contributed by atoms with E-state index in [1.807, 2.05) is 12.1 Å². The molecule has 5 nitrogen and oxygen atoms in total. The Morgan fingerprint density at radius 2 is 1.90 bits per heavy atom. The van der Waals surface area contributed by atoms with Crippen LogP contribution in [-0.4, -0.2) is 17.2 Å². The minimum absolute atomic E-state index is 0.0307. The number of fused-ring (bicyclic) bond motifs is 5. The maximum atomic E-state index is 12.1. The van der Waals surface area contributed by atoms with Crippen molar-refractivity contribution in [1.29, 1.82) is 0 Å². The van der Waals surface area contributed by atoms with Crippen molar-refractivity contribution >= 4 is 32.8 Å². The molecule has 0 aliphatic rings. The van der Waals surface area contributed by atoms with E-state index in [4.69, 9.17) is 9.15 Å². The van der Waals surface area contributed by atoms with Gasteiger partial charge in [0, 0.05) is 16.8 Å². The van der Waals surface area contributed by atoms with Gasteiger partial charge in [-0.2, -0.15) is 0 Å². The molecule has 0 bridgehead atoms. The molecule has 0 radical (unpaired) electrons. The second kappa shape index (κ2) is 4.02. The summed E-state index contributed by atoms with van der Waals surface area (Å²) in [5, 5.41) is 11.9. The summed E-state index contributed by atoms with van der Waals surface area (Å²) in [6.45, 7) is 0. The van der Waals surface area contributed by atoms with E-state index in [1.54, 1.807) is 24.3 Å². The van der Waals surface area contributed by atoms with Crippen molar-refractivity contribution in [2.24, 2.45) is 0 Å². The summed E-state index contributed by atoms with van der Waals surface area (Å²) < 4.78 is 10.5. The third-order valence-corrected chi connectivity index (χ3v) is 3.66. The fraction of sp³-hybridized carbons (Fsp3) is 0.0625. The zero-order valence-electron chi connectivity index (χ0n) is 11.1. The van der Waals surface area contributed by atoms with E-state index in [2.05, 4.69) is 4.98 Å². The number of aromatic amines is 1. The summed E-state index contributed by atoms with van der Waals surface area (Å²) in [6, 6.07) is 10.5. The SMILES string of the molecule is COc1cc2c(cc1O)[nH]c1c3ccccc3c(=O)oc21. The lowest BCUT2D eigenvalue weighted by Crippen LogP contribution is -1.98. The van der Waals surface area contributed by atoms with E-state index >= 15 is 0 Å². The van der Waals surface area contributed by atoms with Crippen LogP contribution in [0.5, 0.6) is 11.5 Å². The molecular weight excluding hydrogens is 270 g/mol. The smallest absolute Gasteiger partial charge is 0.344 e. The summed E-state index contributed by atoms with van der Waals surface area (Å²) in [5.41, 5.74) is 1.49. The number of nitrogens with one attached hydrogen (secondary N) is 1. The molecule has 2 aromatic carbocycles. The molecule has 2 N–H and O–H groups in total. The zero-order chi connectivity index (χ0) is 14.6. The fourth-order valence-corrected chi connectivity index (χ4v) is 2.67. The minimum Gasteiger partial charge on any atom is -0.504 e. The van der Waals surface area contributed by atoms with E-state index in [0.717, 1.165) is 10.9 Å². The maximum Gasteiger partial charge on any atom is 0.344 e. The van der Waals surface area contributed by atoms with Gasteiger partial charge in [-0.25, -0.2) is 4.79 Å². The Morgan fingerprint density at radius 1 is 1.14 bits per heavy atom. The molecule has 4 rings (SSSR count). The summed E-state index contributed by atoms with van der Waals surface area (Å²) in [7, 11) is 1.47. The van der Waals surface area contributed by atoms with Crippen LogP contribution in [0.2, 0.25) is 0 Å². The first-order valence-electron chi connectivity index (χ1n) is 6.43. The number of phenols is 1. The van der Waals surface area contributed by atoms with Gasteiger partial charge in [-0.15, -0.1) is 0 Å². The number of hydrogen-bond donors (Lipinski definition) is 2. The number of H-pyrrole nitrogens is 1. The van der Waals surface area contributed by atoms with Crippen LogP contribution in [0.4, 0.5) is 0 Å². The largest absolute Gasteiger partial charge is 0.504 e. The molecule has 4 aromatic rings. The van der Waals surface area contributed by atoms with Crippen LogP contribution in [0.25, 0.3) is 32.8 Å². The van der Waals surface area contributed by atoms with Crippen LogP contribution >= 0.6 is 0 Å². The lowest BCUT2D eigenvalue weighted by molar-refractivity contribution is 0.374. The number of benzene rings is 2. The Kier molecular flexibility index (Phi) is 2.27. The Balaban J connectivity index is 2.27. The van der Waals surface area contributed by atoms with Gasteiger partial charge in [-0.05, 0) is 12.1 Å². The highest BCUT2D eigenvalue weighted by Crippen LogP contribution is 2.36. The molecule has 0 atom stereocenters. The second-order valence-electron chi connectivity index (χ2n) is 4.83. The lowest BCUT2D eigenvalue weighted by Gasteiger charge is -2.02. The summed E-state index contributed by atoms with van der Waals surface area (Å²) in [5.74, 6) is 0.363. The molecule has 104 valence electrons. The third kappa shape index (κ3) is 1.54. The van der Waals surface area contributed by atoms with Crippen LogP contribution in [0.3, 0.4) is 0 Å². The normalized spacial score (nSPS) is 11.5. The first-order chi connectivity index (χ1) is 10.2. The van der Waals surface area contributed by atoms with Crippen LogP contribution in [-0.2, 0) is 0 Å². The number of rotatable bonds is 1. The molecule has 0 fully saturated rings. The van der Waals surface area contributed by atoms with Crippen molar-refractivity contribution in [2.45, 2.75) is 0 Å². The summed E-state index contributed by atoms with van der Waals surface area (Å²) in [6.07, 6.45) is 0. The van der Waals surface area contributed by atoms with Crippen molar-refractivity contribution < 1.29 is 14.3 Å². The number of aromatic hydroxyl groups is 1. The van der Waals surface area contributed by atoms with Crippen LogP contribution in [0.15, 0.2) is 45.6 Å². The highest BCUT2D eigenvalue weighted by Gasteiger charge is 2.15. The third-order valence-electron chi connectivity index (χ3n) is 3.66. The number of hydrogen-bond acceptors (Lipinski definition) is 4. The van der Waals surface area contributed by atoms with Crippen molar-refractivity contribution in [3.63, 3.8) is 0 Å². The van der Waals surface area contributed by atoms with Gasteiger partial charge in [0.25, 0.3) is 0 Å². The summed E-state index contributed by atoms with van der Waals surface area (Å²) >= 11 is 0. The molecule has 0 unspecified atom stereocenters. The molecule has 0 aliphatic heterocycles. The topological polar surface area (TPSA) is 75.5 Å². The Labute approximate surface area is 118 Å². The van der Waals surface area contributed by atoms with Crippen molar-refractivity contribution in [3.8, 4) is 11.5 Å². The lowest BCUT2D eigenvalue weighted by atomic mass is 10.1. The van der Waals surface area contributed by atoms with Gasteiger partial charge in [-0.3, -0.25) is 0 Å². The average Bonchev–Trinajstić information content (AvgIpc) is 2.84. The molecule has 0 aliphatic carbocycles. The first-order valence-corrected chi connectivity index (χ1v) is 6.43. The van der Waals surface area contributed by atoms with Gasteiger partial charge in [0.1, 0.15) is 0 Å². The molecule has 0 saturated carbocycles. The standard InChI is InChI=1S/C16H11NO4/c1-20-13-6-10-11(7-12(13)18)17-14-8-4-2-3-5-9(8)16(19)21-15(10)14/h2-7,17-18H,1H3. The Hall–Kier alpha value is -2.95. The number of methoxy groups -OCH3 is 1. The molecule has 21 heavy (non-hydrogen) atoms. The van der Waals surface area contributed by atoms with Gasteiger partial charge in [0.15, 0.2) is 17.1 Å². The van der Waals surface area contributed by atoms with Crippen molar-refractivity contribution in [3.05, 3.63) is 46.8 Å². The molecule has 2 aromatic heterocycles. The first kappa shape index (κ1) is 11.8. The Bertz CT molecular complexity index is 1060. The van der Waals surface area contributed by atoms with E-state index in [1.165, 1.54) is 7.11 Å². The second-order valence-corrected chi connectivity index (χ2v) is 4.83. The quantitative estimate of drug-likeness (QED) is 0.562. The van der Waals surface area contributed by atoms with E-state index in [-0.39, 0.29) is 11.4 Å². The molecule has 2 heterocycles. The Morgan fingerprint density at radius 3 is 2.67 bits per heavy atom. The van der Waals surface area contributed by atoms with Crippen LogP contribution in [0.1, 0.15) is 0 Å². The van der Waals surface area contributed by atoms with E-state index < -0.39 is 0 Å². The highest BCUT2D eigenvalue weighted by atomic mass is 16.5. The van der Waals surface area contributed by atoms with Gasteiger partial charge < -0.3 is 19.2 Å². The van der Waals surface area contributed by atoms with Gasteiger partial charge >= 0.3 is 5.63 Å². The molecule has 0 spiro atoms. The molecule has 0 amide bonds. The van der Waals surface area contributed by atoms with Crippen molar-refractivity contribution in [2.75, 3.05) is 7.11 Å². The van der Waals surface area contributed by atoms with Crippen LogP contribution < -0.4 is 10.4 Å². The minimum atomic E-state index is -0.383. The average molecular weight is 281 g/mol. The predicted molar refractivity (Wildman–Crippen MR) is 80.1 cm³/mol. The fourth-order valence-electron chi connectivity index (χ4n) is 2.67. The van der Waals surface area contributed by atoms with E-state index in [0.29, 0.717) is 27.6 Å².